The molecule has 0 amide bonds. The first kappa shape index (κ1) is 14.0. The van der Waals surface area contributed by atoms with Crippen LogP contribution in [0.15, 0.2) is 59.3 Å². The minimum Gasteiger partial charge on any atom is -0.457 e. The van der Waals surface area contributed by atoms with Crippen LogP contribution >= 0.6 is 15.9 Å². The van der Waals surface area contributed by atoms with Gasteiger partial charge in [0.25, 0.3) is 0 Å². The molecule has 4 heteroatoms. The van der Waals surface area contributed by atoms with Crippen molar-refractivity contribution in [2.45, 2.75) is 6.54 Å². The molecule has 0 bridgehead atoms. The standard InChI is InChI=1S/C17H15BrN2O/c1-19-10-14-11-20-7-6-17(14)21-16-5-3-12-8-15(18)4-2-13(12)9-16/h2-9,11,19H,10H2,1H3. The first-order valence-electron chi connectivity index (χ1n) is 6.71. The highest BCUT2D eigenvalue weighted by Gasteiger charge is 2.05. The van der Waals surface area contributed by atoms with Crippen LogP contribution in [-0.2, 0) is 6.54 Å². The highest BCUT2D eigenvalue weighted by atomic mass is 79.9. The van der Waals surface area contributed by atoms with Crippen LogP contribution in [0.1, 0.15) is 5.56 Å². The van der Waals surface area contributed by atoms with Gasteiger partial charge >= 0.3 is 0 Å². The summed E-state index contributed by atoms with van der Waals surface area (Å²) in [5.41, 5.74) is 1.04. The van der Waals surface area contributed by atoms with Crippen LogP contribution in [0.3, 0.4) is 0 Å². The molecule has 1 aromatic heterocycles. The summed E-state index contributed by atoms with van der Waals surface area (Å²) in [6.45, 7) is 0.726. The van der Waals surface area contributed by atoms with E-state index in [9.17, 15) is 0 Å². The fourth-order valence-electron chi connectivity index (χ4n) is 2.22. The van der Waals surface area contributed by atoms with Gasteiger partial charge < -0.3 is 10.1 Å². The average molecular weight is 343 g/mol. The quantitative estimate of drug-likeness (QED) is 0.757. The lowest BCUT2D eigenvalue weighted by Crippen LogP contribution is -2.06. The Bertz CT molecular complexity index is 774. The summed E-state index contributed by atoms with van der Waals surface area (Å²) in [5.74, 6) is 1.66. The molecule has 0 aliphatic carbocycles. The second-order valence-electron chi connectivity index (χ2n) is 4.77. The minimum atomic E-state index is 0.726. The molecule has 0 aliphatic rings. The monoisotopic (exact) mass is 342 g/mol. The molecule has 3 aromatic rings. The van der Waals surface area contributed by atoms with Gasteiger partial charge in [-0.2, -0.15) is 0 Å². The molecule has 3 nitrogen and oxygen atoms in total. The molecule has 0 atom stereocenters. The number of nitrogens with zero attached hydrogens (tertiary/aromatic N) is 1. The zero-order valence-electron chi connectivity index (χ0n) is 11.6. The Kier molecular flexibility index (Phi) is 4.18. The fraction of sp³-hybridized carbons (Fsp3) is 0.118. The van der Waals surface area contributed by atoms with Gasteiger partial charge in [0.15, 0.2) is 0 Å². The van der Waals surface area contributed by atoms with Crippen LogP contribution in [0.4, 0.5) is 0 Å². The molecule has 21 heavy (non-hydrogen) atoms. The molecular weight excluding hydrogens is 328 g/mol. The first-order chi connectivity index (χ1) is 10.3. The van der Waals surface area contributed by atoms with Gasteiger partial charge in [-0.1, -0.05) is 28.1 Å². The van der Waals surface area contributed by atoms with Gasteiger partial charge in [0.05, 0.1) is 0 Å². The van der Waals surface area contributed by atoms with Crippen molar-refractivity contribution >= 4 is 26.7 Å². The summed E-state index contributed by atoms with van der Waals surface area (Å²) in [4.78, 5) is 4.14. The lowest BCUT2D eigenvalue weighted by Gasteiger charge is -2.11. The lowest BCUT2D eigenvalue weighted by atomic mass is 10.1. The maximum Gasteiger partial charge on any atom is 0.134 e. The Morgan fingerprint density at radius 1 is 1.10 bits per heavy atom. The summed E-state index contributed by atoms with van der Waals surface area (Å²) in [7, 11) is 1.91. The summed E-state index contributed by atoms with van der Waals surface area (Å²) < 4.78 is 7.09. The first-order valence-corrected chi connectivity index (χ1v) is 7.50. The Hall–Kier alpha value is -1.91. The predicted molar refractivity (Wildman–Crippen MR) is 88.7 cm³/mol. The third-order valence-corrected chi connectivity index (χ3v) is 3.72. The molecule has 0 fully saturated rings. The second-order valence-corrected chi connectivity index (χ2v) is 5.68. The highest BCUT2D eigenvalue weighted by molar-refractivity contribution is 9.10. The molecule has 0 spiro atoms. The van der Waals surface area contributed by atoms with E-state index in [4.69, 9.17) is 4.74 Å². The van der Waals surface area contributed by atoms with Crippen LogP contribution in [0.25, 0.3) is 10.8 Å². The molecule has 0 aliphatic heterocycles. The summed E-state index contributed by atoms with van der Waals surface area (Å²) in [6, 6.07) is 14.2. The molecule has 0 saturated heterocycles. The number of hydrogen-bond acceptors (Lipinski definition) is 3. The molecule has 106 valence electrons. The number of benzene rings is 2. The van der Waals surface area contributed by atoms with Gasteiger partial charge in [-0.15, -0.1) is 0 Å². The second kappa shape index (κ2) is 6.24. The van der Waals surface area contributed by atoms with Gasteiger partial charge in [0.2, 0.25) is 0 Å². The number of halogens is 1. The molecule has 0 unspecified atom stereocenters. The van der Waals surface area contributed by atoms with Crippen LogP contribution < -0.4 is 10.1 Å². The van der Waals surface area contributed by atoms with E-state index < -0.39 is 0 Å². The molecule has 3 rings (SSSR count). The van der Waals surface area contributed by atoms with Crippen LogP contribution in [0, 0.1) is 0 Å². The van der Waals surface area contributed by atoms with E-state index in [0.29, 0.717) is 0 Å². The smallest absolute Gasteiger partial charge is 0.134 e. The molecule has 0 saturated carbocycles. The number of fused-ring (bicyclic) bond motifs is 1. The van der Waals surface area contributed by atoms with E-state index in [1.807, 2.05) is 37.5 Å². The van der Waals surface area contributed by atoms with E-state index in [1.165, 1.54) is 5.39 Å². The summed E-state index contributed by atoms with van der Waals surface area (Å²) in [5, 5.41) is 5.46. The van der Waals surface area contributed by atoms with E-state index >= 15 is 0 Å². The Labute approximate surface area is 132 Å². The largest absolute Gasteiger partial charge is 0.457 e. The average Bonchev–Trinajstić information content (AvgIpc) is 2.50. The molecule has 0 radical (unpaired) electrons. The number of rotatable bonds is 4. The van der Waals surface area contributed by atoms with Gasteiger partial charge in [0.1, 0.15) is 11.5 Å². The SMILES string of the molecule is CNCc1cnccc1Oc1ccc2cc(Br)ccc2c1. The number of pyridine rings is 1. The summed E-state index contributed by atoms with van der Waals surface area (Å²) >= 11 is 3.49. The maximum atomic E-state index is 6.01. The molecule has 1 heterocycles. The van der Waals surface area contributed by atoms with Gasteiger partial charge in [0, 0.05) is 29.0 Å². The maximum absolute atomic E-state index is 6.01. The van der Waals surface area contributed by atoms with Crippen LogP contribution in [-0.4, -0.2) is 12.0 Å². The van der Waals surface area contributed by atoms with E-state index in [1.54, 1.807) is 6.20 Å². The van der Waals surface area contributed by atoms with Crippen molar-refractivity contribution in [3.8, 4) is 11.5 Å². The van der Waals surface area contributed by atoms with Crippen molar-refractivity contribution in [3.63, 3.8) is 0 Å². The minimum absolute atomic E-state index is 0.726. The number of hydrogen-bond donors (Lipinski definition) is 1. The number of ether oxygens (including phenoxy) is 1. The van der Waals surface area contributed by atoms with Crippen molar-refractivity contribution in [2.75, 3.05) is 7.05 Å². The van der Waals surface area contributed by atoms with Crippen molar-refractivity contribution in [1.29, 1.82) is 0 Å². The Morgan fingerprint density at radius 2 is 1.90 bits per heavy atom. The normalized spacial score (nSPS) is 10.8. The van der Waals surface area contributed by atoms with E-state index in [-0.39, 0.29) is 0 Å². The Balaban J connectivity index is 1.93. The van der Waals surface area contributed by atoms with E-state index in [2.05, 4.69) is 44.4 Å². The van der Waals surface area contributed by atoms with Crippen LogP contribution in [0.5, 0.6) is 11.5 Å². The predicted octanol–water partition coefficient (Wildman–Crippen LogP) is 4.51. The zero-order valence-corrected chi connectivity index (χ0v) is 13.2. The van der Waals surface area contributed by atoms with Gasteiger partial charge in [-0.3, -0.25) is 4.98 Å². The van der Waals surface area contributed by atoms with Gasteiger partial charge in [-0.05, 0) is 48.2 Å². The molecular formula is C17H15BrN2O. The van der Waals surface area contributed by atoms with Crippen LogP contribution in [0.2, 0.25) is 0 Å². The Morgan fingerprint density at radius 3 is 2.76 bits per heavy atom. The summed E-state index contributed by atoms with van der Waals surface area (Å²) in [6.07, 6.45) is 3.57. The zero-order chi connectivity index (χ0) is 14.7. The van der Waals surface area contributed by atoms with Crippen molar-refractivity contribution in [1.82, 2.24) is 10.3 Å². The highest BCUT2D eigenvalue weighted by Crippen LogP contribution is 2.28. The molecule has 1 N–H and O–H groups in total. The van der Waals surface area contributed by atoms with Crippen molar-refractivity contribution < 1.29 is 4.74 Å². The van der Waals surface area contributed by atoms with Crippen molar-refractivity contribution in [3.05, 3.63) is 64.9 Å². The lowest BCUT2D eigenvalue weighted by molar-refractivity contribution is 0.474. The molecule has 2 aromatic carbocycles. The number of aromatic nitrogens is 1. The number of nitrogens with one attached hydrogen (secondary N) is 1. The third kappa shape index (κ3) is 3.23. The van der Waals surface area contributed by atoms with Crippen molar-refractivity contribution in [2.24, 2.45) is 0 Å². The van der Waals surface area contributed by atoms with Gasteiger partial charge in [-0.25, -0.2) is 0 Å². The third-order valence-electron chi connectivity index (χ3n) is 3.23. The fourth-order valence-corrected chi connectivity index (χ4v) is 2.60. The van der Waals surface area contributed by atoms with E-state index in [0.717, 1.165) is 33.5 Å². The topological polar surface area (TPSA) is 34.2 Å².